The molecule has 2 N–H and O–H groups in total. The van der Waals surface area contributed by atoms with E-state index in [1.54, 1.807) is 11.3 Å². The second-order valence-electron chi connectivity index (χ2n) is 4.60. The van der Waals surface area contributed by atoms with E-state index < -0.39 is 17.3 Å². The van der Waals surface area contributed by atoms with Gasteiger partial charge >= 0.3 is 5.97 Å². The molecule has 6 heteroatoms. The Labute approximate surface area is 109 Å². The van der Waals surface area contributed by atoms with Crippen molar-refractivity contribution in [3.63, 3.8) is 0 Å². The highest BCUT2D eigenvalue weighted by molar-refractivity contribution is 7.09. The number of thiazole rings is 1. The minimum absolute atomic E-state index is 0.245. The third-order valence-electron chi connectivity index (χ3n) is 3.26. The van der Waals surface area contributed by atoms with Gasteiger partial charge in [-0.05, 0) is 26.2 Å². The van der Waals surface area contributed by atoms with E-state index in [9.17, 15) is 9.59 Å². The van der Waals surface area contributed by atoms with Crippen molar-refractivity contribution in [2.45, 2.75) is 39.2 Å². The molecule has 1 unspecified atom stereocenters. The smallest absolute Gasteiger partial charge is 0.319 e. The number of hydrogen-bond donors (Lipinski definition) is 2. The predicted molar refractivity (Wildman–Crippen MR) is 67.4 cm³/mol. The average molecular weight is 268 g/mol. The number of aliphatic carboxylic acids is 1. The lowest BCUT2D eigenvalue weighted by atomic mass is 10.1. The molecule has 1 atom stereocenters. The van der Waals surface area contributed by atoms with Gasteiger partial charge in [-0.15, -0.1) is 11.3 Å². The number of carboxylic acid groups (broad SMARTS) is 1. The molecule has 1 aliphatic rings. The van der Waals surface area contributed by atoms with Crippen molar-refractivity contribution in [1.82, 2.24) is 10.3 Å². The van der Waals surface area contributed by atoms with Crippen molar-refractivity contribution in [3.05, 3.63) is 16.1 Å². The average Bonchev–Trinajstić information content (AvgIpc) is 3.01. The number of amides is 1. The number of aryl methyl sites for hydroxylation is 1. The molecule has 1 fully saturated rings. The number of carbonyl (C=O) groups excluding carboxylic acids is 1. The van der Waals surface area contributed by atoms with E-state index >= 15 is 0 Å². The van der Waals surface area contributed by atoms with Gasteiger partial charge in [0.25, 0.3) is 0 Å². The Bertz CT molecular complexity index is 479. The first-order chi connectivity index (χ1) is 8.49. The Hall–Kier alpha value is -1.43. The molecule has 0 radical (unpaired) electrons. The maximum absolute atomic E-state index is 11.9. The van der Waals surface area contributed by atoms with Gasteiger partial charge in [-0.25, -0.2) is 4.98 Å². The van der Waals surface area contributed by atoms with Crippen LogP contribution in [0.15, 0.2) is 5.38 Å². The number of nitrogens with zero attached hydrogens (tertiary/aromatic N) is 1. The molecule has 98 valence electrons. The Kier molecular flexibility index (Phi) is 3.38. The summed E-state index contributed by atoms with van der Waals surface area (Å²) in [6.07, 6.45) is 1.72. The van der Waals surface area contributed by atoms with E-state index in [-0.39, 0.29) is 6.04 Å². The number of aromatic nitrogens is 1. The summed E-state index contributed by atoms with van der Waals surface area (Å²) < 4.78 is 0. The van der Waals surface area contributed by atoms with Crippen molar-refractivity contribution in [2.24, 2.45) is 5.41 Å². The van der Waals surface area contributed by atoms with Crippen LogP contribution in [-0.2, 0) is 16.0 Å². The molecule has 1 saturated carbocycles. The Morgan fingerprint density at radius 2 is 2.28 bits per heavy atom. The molecule has 0 saturated heterocycles. The SMILES string of the molecule is CCc1nc(C(C)NC(=O)C2(C(=O)O)CC2)cs1. The van der Waals surface area contributed by atoms with Gasteiger partial charge in [0.05, 0.1) is 16.7 Å². The van der Waals surface area contributed by atoms with Crippen LogP contribution in [0.3, 0.4) is 0 Å². The van der Waals surface area contributed by atoms with Crippen LogP contribution in [0.25, 0.3) is 0 Å². The number of hydrogen-bond acceptors (Lipinski definition) is 4. The zero-order valence-corrected chi connectivity index (χ0v) is 11.2. The van der Waals surface area contributed by atoms with Crippen LogP contribution >= 0.6 is 11.3 Å². The van der Waals surface area contributed by atoms with E-state index in [1.807, 2.05) is 19.2 Å². The van der Waals surface area contributed by atoms with Gasteiger partial charge in [-0.3, -0.25) is 9.59 Å². The number of rotatable bonds is 5. The second kappa shape index (κ2) is 4.68. The number of carbonyl (C=O) groups is 2. The van der Waals surface area contributed by atoms with Crippen LogP contribution < -0.4 is 5.32 Å². The van der Waals surface area contributed by atoms with Crippen molar-refractivity contribution < 1.29 is 14.7 Å². The Morgan fingerprint density at radius 1 is 1.61 bits per heavy atom. The zero-order chi connectivity index (χ0) is 13.3. The van der Waals surface area contributed by atoms with Gasteiger partial charge < -0.3 is 10.4 Å². The highest BCUT2D eigenvalue weighted by Crippen LogP contribution is 2.46. The van der Waals surface area contributed by atoms with E-state index in [2.05, 4.69) is 10.3 Å². The van der Waals surface area contributed by atoms with E-state index in [0.717, 1.165) is 17.1 Å². The van der Waals surface area contributed by atoms with E-state index in [4.69, 9.17) is 5.11 Å². The van der Waals surface area contributed by atoms with Crippen molar-refractivity contribution in [1.29, 1.82) is 0 Å². The quantitative estimate of drug-likeness (QED) is 0.797. The third kappa shape index (κ3) is 2.25. The maximum atomic E-state index is 11.9. The molecule has 18 heavy (non-hydrogen) atoms. The fourth-order valence-electron chi connectivity index (χ4n) is 1.76. The number of carboxylic acids is 1. The van der Waals surface area contributed by atoms with Crippen LogP contribution in [0, 0.1) is 5.41 Å². The molecule has 5 nitrogen and oxygen atoms in total. The van der Waals surface area contributed by atoms with Crippen molar-refractivity contribution in [3.8, 4) is 0 Å². The Morgan fingerprint density at radius 3 is 2.72 bits per heavy atom. The first kappa shape index (κ1) is 13.0. The van der Waals surface area contributed by atoms with Crippen LogP contribution in [-0.4, -0.2) is 22.0 Å². The zero-order valence-electron chi connectivity index (χ0n) is 10.4. The van der Waals surface area contributed by atoms with Crippen LogP contribution in [0.1, 0.15) is 43.4 Å². The largest absolute Gasteiger partial charge is 0.480 e. The summed E-state index contributed by atoms with van der Waals surface area (Å²) in [5.74, 6) is -1.42. The summed E-state index contributed by atoms with van der Waals surface area (Å²) in [4.78, 5) is 27.3. The van der Waals surface area contributed by atoms with Crippen LogP contribution in [0.5, 0.6) is 0 Å². The first-order valence-electron chi connectivity index (χ1n) is 5.98. The van der Waals surface area contributed by atoms with Crippen LogP contribution in [0.2, 0.25) is 0 Å². The van der Waals surface area contributed by atoms with E-state index in [1.165, 1.54) is 0 Å². The topological polar surface area (TPSA) is 79.3 Å². The molecule has 0 aliphatic heterocycles. The molecule has 0 spiro atoms. The molecular weight excluding hydrogens is 252 g/mol. The molecule has 0 aromatic carbocycles. The molecule has 0 bridgehead atoms. The summed E-state index contributed by atoms with van der Waals surface area (Å²) in [5, 5.41) is 14.7. The summed E-state index contributed by atoms with van der Waals surface area (Å²) in [7, 11) is 0. The lowest BCUT2D eigenvalue weighted by Crippen LogP contribution is -2.38. The van der Waals surface area contributed by atoms with Gasteiger partial charge in [0, 0.05) is 5.38 Å². The van der Waals surface area contributed by atoms with Crippen molar-refractivity contribution in [2.75, 3.05) is 0 Å². The molecule has 2 rings (SSSR count). The van der Waals surface area contributed by atoms with Crippen molar-refractivity contribution >= 4 is 23.2 Å². The monoisotopic (exact) mass is 268 g/mol. The molecular formula is C12H16N2O3S. The fraction of sp³-hybridized carbons (Fsp3) is 0.583. The van der Waals surface area contributed by atoms with Gasteiger partial charge in [0.1, 0.15) is 5.41 Å². The summed E-state index contributed by atoms with van der Waals surface area (Å²) in [6, 6.07) is -0.245. The molecule has 1 aliphatic carbocycles. The first-order valence-corrected chi connectivity index (χ1v) is 6.86. The standard InChI is InChI=1S/C12H16N2O3S/c1-3-9-14-8(6-18-9)7(2)13-10(15)12(4-5-12)11(16)17/h6-7H,3-5H2,1-2H3,(H,13,15)(H,16,17). The highest BCUT2D eigenvalue weighted by Gasteiger charge is 2.57. The fourth-order valence-corrected chi connectivity index (χ4v) is 2.60. The second-order valence-corrected chi connectivity index (χ2v) is 5.54. The minimum atomic E-state index is -1.18. The van der Waals surface area contributed by atoms with Crippen LogP contribution in [0.4, 0.5) is 0 Å². The summed E-state index contributed by atoms with van der Waals surface area (Å²) >= 11 is 1.56. The number of nitrogens with one attached hydrogen (secondary N) is 1. The van der Waals surface area contributed by atoms with Gasteiger partial charge in [-0.2, -0.15) is 0 Å². The summed E-state index contributed by atoms with van der Waals surface area (Å²) in [5.41, 5.74) is -0.385. The van der Waals surface area contributed by atoms with Gasteiger partial charge in [0.15, 0.2) is 0 Å². The minimum Gasteiger partial charge on any atom is -0.480 e. The molecule has 1 aromatic rings. The van der Waals surface area contributed by atoms with Gasteiger partial charge in [-0.1, -0.05) is 6.92 Å². The lowest BCUT2D eigenvalue weighted by molar-refractivity contribution is -0.149. The van der Waals surface area contributed by atoms with E-state index in [0.29, 0.717) is 12.8 Å². The van der Waals surface area contributed by atoms with Gasteiger partial charge in [0.2, 0.25) is 5.91 Å². The normalized spacial score (nSPS) is 18.1. The predicted octanol–water partition coefficient (Wildman–Crippen LogP) is 1.75. The maximum Gasteiger partial charge on any atom is 0.319 e. The lowest BCUT2D eigenvalue weighted by Gasteiger charge is -2.15. The highest BCUT2D eigenvalue weighted by atomic mass is 32.1. The molecule has 1 aromatic heterocycles. The third-order valence-corrected chi connectivity index (χ3v) is 4.27. The molecule has 1 heterocycles. The Balaban J connectivity index is 2.01. The molecule has 1 amide bonds. The summed E-state index contributed by atoms with van der Waals surface area (Å²) in [6.45, 7) is 3.85.